The third-order valence-corrected chi connectivity index (χ3v) is 8.20. The van der Waals surface area contributed by atoms with E-state index >= 15 is 0 Å². The Balaban J connectivity index is 1.34. The van der Waals surface area contributed by atoms with Crippen molar-refractivity contribution in [2.75, 3.05) is 16.8 Å². The third-order valence-electron chi connectivity index (χ3n) is 6.64. The largest absolute Gasteiger partial charge is 0.329 e. The maximum atomic E-state index is 13.7. The van der Waals surface area contributed by atoms with Crippen molar-refractivity contribution in [3.63, 3.8) is 0 Å². The van der Waals surface area contributed by atoms with Gasteiger partial charge in [0.1, 0.15) is 15.8 Å². The molecule has 1 atom stereocenters. The van der Waals surface area contributed by atoms with Gasteiger partial charge in [0.15, 0.2) is 5.13 Å². The highest BCUT2D eigenvalue weighted by atomic mass is 35.5. The Morgan fingerprint density at radius 2 is 1.57 bits per heavy atom. The molecule has 0 radical (unpaired) electrons. The number of rotatable bonds is 11. The second-order valence-corrected chi connectivity index (χ2v) is 11.7. The molecular weight excluding hydrogens is 590 g/mol. The SMILES string of the molecule is O=C(Nc1nc(-c2ccc(CNS(=O)O)cc2)c(Cl)s1)N(CCC(c1ccccc1)c1ccccc1)c1ccccn1. The Kier molecular flexibility index (Phi) is 10.1. The number of hydrogen-bond donors (Lipinski definition) is 3. The first-order valence-corrected chi connectivity index (χ1v) is 15.5. The van der Waals surface area contributed by atoms with Crippen LogP contribution in [0.3, 0.4) is 0 Å². The maximum absolute atomic E-state index is 13.7. The Morgan fingerprint density at radius 3 is 2.17 bits per heavy atom. The number of anilines is 2. The van der Waals surface area contributed by atoms with E-state index in [-0.39, 0.29) is 18.5 Å². The summed E-state index contributed by atoms with van der Waals surface area (Å²) in [6.07, 6.45) is 2.34. The van der Waals surface area contributed by atoms with Gasteiger partial charge in [-0.25, -0.2) is 23.7 Å². The lowest BCUT2D eigenvalue weighted by molar-refractivity contribution is 0.256. The molecule has 0 bridgehead atoms. The number of halogens is 1. The zero-order valence-corrected chi connectivity index (χ0v) is 24.8. The lowest BCUT2D eigenvalue weighted by atomic mass is 9.88. The number of thiazole rings is 1. The fourth-order valence-electron chi connectivity index (χ4n) is 4.61. The van der Waals surface area contributed by atoms with Crippen LogP contribution in [0, 0.1) is 0 Å². The second-order valence-electron chi connectivity index (χ2n) is 9.34. The Bertz CT molecular complexity index is 1580. The fourth-order valence-corrected chi connectivity index (χ4v) is 5.97. The molecule has 8 nitrogen and oxygen atoms in total. The van der Waals surface area contributed by atoms with Crippen molar-refractivity contribution in [3.8, 4) is 11.3 Å². The topological polar surface area (TPSA) is 107 Å². The van der Waals surface area contributed by atoms with E-state index < -0.39 is 11.3 Å². The molecule has 42 heavy (non-hydrogen) atoms. The molecule has 5 rings (SSSR count). The predicted octanol–water partition coefficient (Wildman–Crippen LogP) is 7.35. The molecule has 2 amide bonds. The number of carbonyl (C=O) groups is 1. The molecule has 3 N–H and O–H groups in total. The van der Waals surface area contributed by atoms with E-state index in [1.165, 1.54) is 22.5 Å². The summed E-state index contributed by atoms with van der Waals surface area (Å²) in [6.45, 7) is 0.658. The fraction of sp³-hybridized carbons (Fsp3) is 0.129. The maximum Gasteiger partial charge on any atom is 0.329 e. The van der Waals surface area contributed by atoms with E-state index in [4.69, 9.17) is 16.2 Å². The van der Waals surface area contributed by atoms with Crippen LogP contribution in [0.2, 0.25) is 4.34 Å². The van der Waals surface area contributed by atoms with Crippen molar-refractivity contribution in [3.05, 3.63) is 130 Å². The van der Waals surface area contributed by atoms with Gasteiger partial charge in [-0.15, -0.1) is 0 Å². The highest BCUT2D eigenvalue weighted by molar-refractivity contribution is 7.77. The Labute approximate surface area is 255 Å². The predicted molar refractivity (Wildman–Crippen MR) is 170 cm³/mol. The highest BCUT2D eigenvalue weighted by Gasteiger charge is 2.23. The minimum absolute atomic E-state index is 0.0860. The first kappa shape index (κ1) is 29.6. The molecule has 0 saturated carbocycles. The highest BCUT2D eigenvalue weighted by Crippen LogP contribution is 2.36. The van der Waals surface area contributed by atoms with Crippen molar-refractivity contribution in [2.45, 2.75) is 18.9 Å². The van der Waals surface area contributed by atoms with E-state index in [1.807, 2.05) is 78.9 Å². The van der Waals surface area contributed by atoms with Gasteiger partial charge in [-0.05, 0) is 35.2 Å². The van der Waals surface area contributed by atoms with Crippen molar-refractivity contribution in [1.29, 1.82) is 0 Å². The van der Waals surface area contributed by atoms with Gasteiger partial charge in [-0.1, -0.05) is 114 Å². The van der Waals surface area contributed by atoms with Crippen LogP contribution in [0.5, 0.6) is 0 Å². The molecule has 0 aliphatic carbocycles. The van der Waals surface area contributed by atoms with Crippen LogP contribution in [0.15, 0.2) is 109 Å². The van der Waals surface area contributed by atoms with E-state index in [9.17, 15) is 9.00 Å². The molecule has 0 saturated heterocycles. The standard InChI is InChI=1S/C31H28ClN5O3S2/c32-29-28(25-16-14-22(15-17-25)21-34-42(39)40)35-30(41-29)36-31(38)37(27-13-7-8-19-33-27)20-18-26(23-9-3-1-4-10-23)24-11-5-2-6-12-24/h1-17,19,26,34H,18,20-21H2,(H,39,40)(H,35,36,38). The zero-order chi connectivity index (χ0) is 29.3. The monoisotopic (exact) mass is 617 g/mol. The Hall–Kier alpha value is -3.93. The van der Waals surface area contributed by atoms with Crippen LogP contribution < -0.4 is 14.9 Å². The zero-order valence-electron chi connectivity index (χ0n) is 22.4. The van der Waals surface area contributed by atoms with Crippen LogP contribution in [0.25, 0.3) is 11.3 Å². The molecule has 2 heterocycles. The number of carbonyl (C=O) groups excluding carboxylic acids is 1. The smallest absolute Gasteiger partial charge is 0.294 e. The van der Waals surface area contributed by atoms with Gasteiger partial charge >= 0.3 is 6.03 Å². The van der Waals surface area contributed by atoms with Gasteiger partial charge in [-0.3, -0.25) is 14.8 Å². The van der Waals surface area contributed by atoms with Crippen LogP contribution >= 0.6 is 22.9 Å². The summed E-state index contributed by atoms with van der Waals surface area (Å²) in [5.74, 6) is 0.619. The van der Waals surface area contributed by atoms with Gasteiger partial charge in [0, 0.05) is 30.8 Å². The molecule has 0 spiro atoms. The summed E-state index contributed by atoms with van der Waals surface area (Å²) in [5.41, 5.74) is 4.48. The molecule has 11 heteroatoms. The van der Waals surface area contributed by atoms with Crippen LogP contribution in [-0.4, -0.2) is 31.3 Å². The number of pyridine rings is 1. The van der Waals surface area contributed by atoms with Gasteiger partial charge in [-0.2, -0.15) is 0 Å². The summed E-state index contributed by atoms with van der Waals surface area (Å²) >= 11 is 5.62. The van der Waals surface area contributed by atoms with Gasteiger partial charge in [0.25, 0.3) is 0 Å². The Morgan fingerprint density at radius 1 is 0.929 bits per heavy atom. The van der Waals surface area contributed by atoms with Crippen molar-refractivity contribution in [1.82, 2.24) is 14.7 Å². The summed E-state index contributed by atoms with van der Waals surface area (Å²) < 4.78 is 22.7. The van der Waals surface area contributed by atoms with Gasteiger partial charge in [0.2, 0.25) is 11.3 Å². The van der Waals surface area contributed by atoms with E-state index in [1.54, 1.807) is 11.1 Å². The lowest BCUT2D eigenvalue weighted by Crippen LogP contribution is -2.37. The molecule has 0 aliphatic rings. The normalized spacial score (nSPS) is 11.8. The molecule has 2 aromatic heterocycles. The van der Waals surface area contributed by atoms with Crippen molar-refractivity contribution >= 4 is 51.2 Å². The van der Waals surface area contributed by atoms with Gasteiger partial charge in [0.05, 0.1) is 0 Å². The molecule has 5 aromatic rings. The number of urea groups is 1. The molecule has 1 unspecified atom stereocenters. The average molecular weight is 618 g/mol. The molecular formula is C31H28ClN5O3S2. The number of hydrogen-bond acceptors (Lipinski definition) is 5. The van der Waals surface area contributed by atoms with Crippen molar-refractivity contribution < 1.29 is 13.6 Å². The van der Waals surface area contributed by atoms with Crippen LogP contribution in [0.1, 0.15) is 29.0 Å². The second kappa shape index (κ2) is 14.3. The number of nitrogens with zero attached hydrogens (tertiary/aromatic N) is 3. The molecule has 0 aliphatic heterocycles. The van der Waals surface area contributed by atoms with Gasteiger partial charge < -0.3 is 0 Å². The summed E-state index contributed by atoms with van der Waals surface area (Å²) in [6, 6.07) is 33.0. The van der Waals surface area contributed by atoms with Crippen LogP contribution in [-0.2, 0) is 17.8 Å². The minimum Gasteiger partial charge on any atom is -0.294 e. The van der Waals surface area contributed by atoms with E-state index in [0.717, 1.165) is 11.1 Å². The molecule has 3 aromatic carbocycles. The first-order chi connectivity index (χ1) is 20.5. The number of benzene rings is 3. The quantitative estimate of drug-likeness (QED) is 0.134. The van der Waals surface area contributed by atoms with Crippen molar-refractivity contribution in [2.24, 2.45) is 0 Å². The number of amides is 2. The third kappa shape index (κ3) is 7.67. The molecule has 0 fully saturated rings. The minimum atomic E-state index is -2.09. The molecule has 214 valence electrons. The number of aromatic nitrogens is 2. The first-order valence-electron chi connectivity index (χ1n) is 13.2. The average Bonchev–Trinajstić information content (AvgIpc) is 3.39. The van der Waals surface area contributed by atoms with E-state index in [2.05, 4.69) is 44.3 Å². The number of nitrogens with one attached hydrogen (secondary N) is 2. The van der Waals surface area contributed by atoms with E-state index in [0.29, 0.717) is 33.9 Å². The summed E-state index contributed by atoms with van der Waals surface area (Å²) in [7, 11) is 0. The lowest BCUT2D eigenvalue weighted by Gasteiger charge is -2.25. The van der Waals surface area contributed by atoms with Crippen LogP contribution in [0.4, 0.5) is 15.7 Å². The summed E-state index contributed by atoms with van der Waals surface area (Å²) in [5, 5.41) is 3.28. The summed E-state index contributed by atoms with van der Waals surface area (Å²) in [4.78, 5) is 24.3.